The summed E-state index contributed by atoms with van der Waals surface area (Å²) < 4.78 is 13.2. The van der Waals surface area contributed by atoms with Gasteiger partial charge in [-0.1, -0.05) is 23.7 Å². The SMILES string of the molecule is COc1cc(-n2cnc3cc(-c4ccc(Cl)cc4)sc3c2=O)ccc1OCC1(O)CC1. The van der Waals surface area contributed by atoms with Crippen molar-refractivity contribution in [2.75, 3.05) is 13.7 Å². The molecule has 0 bridgehead atoms. The lowest BCUT2D eigenvalue weighted by atomic mass is 10.2. The molecule has 0 aliphatic heterocycles. The molecule has 0 unspecified atom stereocenters. The third kappa shape index (κ3) is 3.92. The number of hydrogen-bond donors (Lipinski definition) is 1. The van der Waals surface area contributed by atoms with Crippen molar-refractivity contribution in [3.05, 3.63) is 70.2 Å². The van der Waals surface area contributed by atoms with E-state index in [1.165, 1.54) is 22.2 Å². The van der Waals surface area contributed by atoms with Gasteiger partial charge in [0.1, 0.15) is 17.6 Å². The number of nitrogens with zero attached hydrogens (tertiary/aromatic N) is 2. The second-order valence-electron chi connectivity index (χ2n) is 7.60. The van der Waals surface area contributed by atoms with Crippen molar-refractivity contribution in [3.8, 4) is 27.6 Å². The number of thiophene rings is 1. The Balaban J connectivity index is 1.50. The predicted molar refractivity (Wildman–Crippen MR) is 122 cm³/mol. The minimum absolute atomic E-state index is 0.154. The lowest BCUT2D eigenvalue weighted by Gasteiger charge is -2.15. The van der Waals surface area contributed by atoms with Crippen LogP contribution in [0.5, 0.6) is 11.5 Å². The Hall–Kier alpha value is -2.87. The average Bonchev–Trinajstić information content (AvgIpc) is 3.35. The monoisotopic (exact) mass is 454 g/mol. The Morgan fingerprint density at radius 3 is 2.65 bits per heavy atom. The zero-order valence-electron chi connectivity index (χ0n) is 16.7. The van der Waals surface area contributed by atoms with Gasteiger partial charge in [-0.2, -0.15) is 0 Å². The summed E-state index contributed by atoms with van der Waals surface area (Å²) in [6.45, 7) is 0.221. The molecular weight excluding hydrogens is 436 g/mol. The van der Waals surface area contributed by atoms with Crippen LogP contribution < -0.4 is 15.0 Å². The molecule has 158 valence electrons. The van der Waals surface area contributed by atoms with Gasteiger partial charge in [0.15, 0.2) is 11.5 Å². The highest BCUT2D eigenvalue weighted by Crippen LogP contribution is 2.37. The maximum Gasteiger partial charge on any atom is 0.275 e. The van der Waals surface area contributed by atoms with Crippen LogP contribution >= 0.6 is 22.9 Å². The van der Waals surface area contributed by atoms with E-state index in [-0.39, 0.29) is 12.2 Å². The van der Waals surface area contributed by atoms with Gasteiger partial charge in [-0.25, -0.2) is 4.98 Å². The minimum atomic E-state index is -0.726. The average molecular weight is 455 g/mol. The van der Waals surface area contributed by atoms with Gasteiger partial charge in [0.25, 0.3) is 5.56 Å². The van der Waals surface area contributed by atoms with Crippen molar-refractivity contribution in [1.82, 2.24) is 9.55 Å². The van der Waals surface area contributed by atoms with E-state index in [1.54, 1.807) is 25.3 Å². The molecular formula is C23H19ClN2O4S. The van der Waals surface area contributed by atoms with E-state index in [2.05, 4.69) is 4.98 Å². The van der Waals surface area contributed by atoms with Crippen LogP contribution in [0.15, 0.2) is 59.7 Å². The summed E-state index contributed by atoms with van der Waals surface area (Å²) in [5.74, 6) is 1.01. The molecule has 2 aromatic heterocycles. The molecule has 0 radical (unpaired) electrons. The van der Waals surface area contributed by atoms with Gasteiger partial charge < -0.3 is 14.6 Å². The largest absolute Gasteiger partial charge is 0.493 e. The van der Waals surface area contributed by atoms with Gasteiger partial charge in [-0.3, -0.25) is 9.36 Å². The molecule has 0 amide bonds. The van der Waals surface area contributed by atoms with Crippen molar-refractivity contribution in [1.29, 1.82) is 0 Å². The summed E-state index contributed by atoms with van der Waals surface area (Å²) >= 11 is 7.38. The number of aromatic nitrogens is 2. The van der Waals surface area contributed by atoms with Crippen molar-refractivity contribution in [3.63, 3.8) is 0 Å². The van der Waals surface area contributed by atoms with Gasteiger partial charge in [0, 0.05) is 16.0 Å². The van der Waals surface area contributed by atoms with Crippen LogP contribution in [0, 0.1) is 0 Å². The molecule has 8 heteroatoms. The molecule has 1 fully saturated rings. The van der Waals surface area contributed by atoms with Crippen molar-refractivity contribution in [2.24, 2.45) is 0 Å². The lowest BCUT2D eigenvalue weighted by Crippen LogP contribution is -2.19. The molecule has 1 N–H and O–H groups in total. The predicted octanol–water partition coefficient (Wildman–Crippen LogP) is 4.68. The van der Waals surface area contributed by atoms with E-state index < -0.39 is 5.60 Å². The fraction of sp³-hybridized carbons (Fsp3) is 0.217. The summed E-state index contributed by atoms with van der Waals surface area (Å²) in [5, 5.41) is 10.7. The van der Waals surface area contributed by atoms with Crippen LogP contribution in [-0.2, 0) is 0 Å². The van der Waals surface area contributed by atoms with Crippen LogP contribution in [0.4, 0.5) is 0 Å². The van der Waals surface area contributed by atoms with Gasteiger partial charge in [-0.15, -0.1) is 11.3 Å². The topological polar surface area (TPSA) is 73.6 Å². The minimum Gasteiger partial charge on any atom is -0.493 e. The number of halogens is 1. The van der Waals surface area contributed by atoms with Gasteiger partial charge >= 0.3 is 0 Å². The molecule has 2 heterocycles. The van der Waals surface area contributed by atoms with Crippen LogP contribution in [0.25, 0.3) is 26.3 Å². The van der Waals surface area contributed by atoms with Crippen LogP contribution in [0.3, 0.4) is 0 Å². The zero-order chi connectivity index (χ0) is 21.6. The molecule has 1 aliphatic rings. The maximum absolute atomic E-state index is 13.2. The van der Waals surface area contributed by atoms with Crippen molar-refractivity contribution >= 4 is 33.2 Å². The Morgan fingerprint density at radius 1 is 1.16 bits per heavy atom. The summed E-state index contributed by atoms with van der Waals surface area (Å²) in [5.41, 5.74) is 1.38. The fourth-order valence-electron chi connectivity index (χ4n) is 3.28. The van der Waals surface area contributed by atoms with Gasteiger partial charge in [0.05, 0.1) is 23.9 Å². The van der Waals surface area contributed by atoms with E-state index in [0.29, 0.717) is 32.4 Å². The first-order valence-electron chi connectivity index (χ1n) is 9.76. The first kappa shape index (κ1) is 20.1. The third-order valence-corrected chi connectivity index (χ3v) is 6.73. The Morgan fingerprint density at radius 2 is 1.94 bits per heavy atom. The van der Waals surface area contributed by atoms with Gasteiger partial charge in [-0.05, 0) is 48.7 Å². The zero-order valence-corrected chi connectivity index (χ0v) is 18.2. The smallest absolute Gasteiger partial charge is 0.275 e. The number of fused-ring (bicyclic) bond motifs is 1. The molecule has 0 atom stereocenters. The molecule has 1 aliphatic carbocycles. The highest BCUT2D eigenvalue weighted by molar-refractivity contribution is 7.22. The molecule has 4 aromatic rings. The van der Waals surface area contributed by atoms with Crippen molar-refractivity contribution < 1.29 is 14.6 Å². The number of benzene rings is 2. The summed E-state index contributed by atoms with van der Waals surface area (Å²) in [4.78, 5) is 18.6. The summed E-state index contributed by atoms with van der Waals surface area (Å²) in [6.07, 6.45) is 3.01. The Kier molecular flexibility index (Phi) is 4.97. The van der Waals surface area contributed by atoms with Gasteiger partial charge in [0.2, 0.25) is 0 Å². The lowest BCUT2D eigenvalue weighted by molar-refractivity contribution is 0.0842. The first-order valence-corrected chi connectivity index (χ1v) is 11.0. The maximum atomic E-state index is 13.2. The molecule has 0 saturated heterocycles. The number of rotatable bonds is 6. The summed E-state index contributed by atoms with van der Waals surface area (Å²) in [6, 6.07) is 14.7. The highest BCUT2D eigenvalue weighted by atomic mass is 35.5. The number of aliphatic hydroxyl groups is 1. The Labute approximate surface area is 187 Å². The van der Waals surface area contributed by atoms with Crippen LogP contribution in [0.2, 0.25) is 5.02 Å². The van der Waals surface area contributed by atoms with E-state index in [9.17, 15) is 9.90 Å². The second-order valence-corrected chi connectivity index (χ2v) is 9.09. The fourth-order valence-corrected chi connectivity index (χ4v) is 4.45. The summed E-state index contributed by atoms with van der Waals surface area (Å²) in [7, 11) is 1.54. The number of methoxy groups -OCH3 is 1. The highest BCUT2D eigenvalue weighted by Gasteiger charge is 2.41. The molecule has 2 aromatic carbocycles. The number of hydrogen-bond acceptors (Lipinski definition) is 6. The van der Waals surface area contributed by atoms with E-state index in [1.807, 2.05) is 30.3 Å². The molecule has 0 spiro atoms. The third-order valence-electron chi connectivity index (χ3n) is 5.32. The van der Waals surface area contributed by atoms with E-state index in [0.717, 1.165) is 23.3 Å². The normalized spacial score (nSPS) is 14.5. The Bertz CT molecular complexity index is 1330. The van der Waals surface area contributed by atoms with E-state index >= 15 is 0 Å². The van der Waals surface area contributed by atoms with Crippen molar-refractivity contribution in [2.45, 2.75) is 18.4 Å². The second kappa shape index (κ2) is 7.67. The standard InChI is InChI=1S/C23H19ClN2O4S/c1-29-19-10-16(6-7-18(19)30-12-23(28)8-9-23)26-13-25-17-11-20(31-21(17)22(26)27)14-2-4-15(24)5-3-14/h2-7,10-11,13,28H,8-9,12H2,1H3. The van der Waals surface area contributed by atoms with E-state index in [4.69, 9.17) is 21.1 Å². The van der Waals surface area contributed by atoms with Crippen LogP contribution in [-0.4, -0.2) is 34.0 Å². The van der Waals surface area contributed by atoms with Crippen LogP contribution in [0.1, 0.15) is 12.8 Å². The molecule has 5 rings (SSSR count). The molecule has 31 heavy (non-hydrogen) atoms. The quantitative estimate of drug-likeness (QED) is 0.458. The molecule has 6 nitrogen and oxygen atoms in total. The number of ether oxygens (including phenoxy) is 2. The molecule has 1 saturated carbocycles. The first-order chi connectivity index (χ1) is 15.0.